The van der Waals surface area contributed by atoms with Gasteiger partial charge in [-0.15, -0.1) is 35.3 Å². The standard InChI is InChI=1S/C21H37N5OS.HI/c1-4-22-21(26-11-8-19(13-26)15-27-5-2)23-12-18-6-9-25(10-7-18)14-20-16-28-17(3)24-20;/h16,18-19H,4-15H2,1-3H3,(H,22,23);1H. The number of ether oxygens (including phenoxy) is 1. The molecule has 0 aliphatic carbocycles. The minimum Gasteiger partial charge on any atom is -0.381 e. The molecule has 2 fully saturated rings. The first-order chi connectivity index (χ1) is 13.7. The minimum atomic E-state index is 0. The molecule has 166 valence electrons. The predicted octanol–water partition coefficient (Wildman–Crippen LogP) is 3.61. The fourth-order valence-corrected chi connectivity index (χ4v) is 4.73. The summed E-state index contributed by atoms with van der Waals surface area (Å²) in [5.41, 5.74) is 1.23. The second kappa shape index (κ2) is 13.1. The molecule has 0 radical (unpaired) electrons. The first kappa shape index (κ1) is 24.8. The lowest BCUT2D eigenvalue weighted by Gasteiger charge is -2.31. The van der Waals surface area contributed by atoms with Gasteiger partial charge in [0.15, 0.2) is 5.96 Å². The van der Waals surface area contributed by atoms with Crippen LogP contribution in [-0.2, 0) is 11.3 Å². The van der Waals surface area contributed by atoms with Crippen molar-refractivity contribution in [1.82, 2.24) is 20.1 Å². The molecule has 1 atom stereocenters. The summed E-state index contributed by atoms with van der Waals surface area (Å²) < 4.78 is 5.62. The largest absolute Gasteiger partial charge is 0.381 e. The zero-order valence-corrected chi connectivity index (χ0v) is 21.4. The van der Waals surface area contributed by atoms with E-state index >= 15 is 0 Å². The van der Waals surface area contributed by atoms with Gasteiger partial charge in [0.25, 0.3) is 0 Å². The molecule has 0 saturated carbocycles. The Bertz CT molecular complexity index is 618. The Kier molecular flexibility index (Phi) is 11.2. The van der Waals surface area contributed by atoms with Gasteiger partial charge in [-0.1, -0.05) is 0 Å². The fourth-order valence-electron chi connectivity index (χ4n) is 4.12. The smallest absolute Gasteiger partial charge is 0.193 e. The van der Waals surface area contributed by atoms with Gasteiger partial charge in [-0.2, -0.15) is 0 Å². The summed E-state index contributed by atoms with van der Waals surface area (Å²) in [5.74, 6) is 2.44. The Morgan fingerprint density at radius 3 is 2.66 bits per heavy atom. The lowest BCUT2D eigenvalue weighted by atomic mass is 9.97. The molecule has 2 aliphatic rings. The van der Waals surface area contributed by atoms with E-state index in [-0.39, 0.29) is 24.0 Å². The van der Waals surface area contributed by atoms with E-state index in [1.165, 1.54) is 30.0 Å². The maximum Gasteiger partial charge on any atom is 0.193 e. The summed E-state index contributed by atoms with van der Waals surface area (Å²) >= 11 is 1.75. The highest BCUT2D eigenvalue weighted by Gasteiger charge is 2.25. The first-order valence-electron chi connectivity index (χ1n) is 10.9. The van der Waals surface area contributed by atoms with Crippen molar-refractivity contribution in [2.24, 2.45) is 16.8 Å². The molecule has 6 nitrogen and oxygen atoms in total. The number of hydrogen-bond acceptors (Lipinski definition) is 5. The predicted molar refractivity (Wildman–Crippen MR) is 132 cm³/mol. The van der Waals surface area contributed by atoms with Gasteiger partial charge in [-0.25, -0.2) is 4.98 Å². The van der Waals surface area contributed by atoms with Crippen LogP contribution >= 0.6 is 35.3 Å². The van der Waals surface area contributed by atoms with Crippen molar-refractivity contribution in [2.75, 3.05) is 52.5 Å². The van der Waals surface area contributed by atoms with Gasteiger partial charge in [0, 0.05) is 50.6 Å². The van der Waals surface area contributed by atoms with Crippen LogP contribution in [0.2, 0.25) is 0 Å². The van der Waals surface area contributed by atoms with E-state index in [0.717, 1.165) is 65.0 Å². The Labute approximate surface area is 197 Å². The summed E-state index contributed by atoms with van der Waals surface area (Å²) in [6.45, 7) is 15.3. The van der Waals surface area contributed by atoms with Gasteiger partial charge in [0.2, 0.25) is 0 Å². The summed E-state index contributed by atoms with van der Waals surface area (Å²) in [6, 6.07) is 0. The minimum absolute atomic E-state index is 0. The first-order valence-corrected chi connectivity index (χ1v) is 11.8. The van der Waals surface area contributed by atoms with Crippen LogP contribution in [0.25, 0.3) is 0 Å². The number of aliphatic imine (C=N–C) groups is 1. The van der Waals surface area contributed by atoms with E-state index in [1.54, 1.807) is 11.3 Å². The monoisotopic (exact) mass is 535 g/mol. The Morgan fingerprint density at radius 2 is 2.00 bits per heavy atom. The molecule has 3 heterocycles. The van der Waals surface area contributed by atoms with Gasteiger partial charge in [0.05, 0.1) is 17.3 Å². The normalized spacial score (nSPS) is 21.4. The number of aromatic nitrogens is 1. The van der Waals surface area contributed by atoms with Crippen LogP contribution in [0, 0.1) is 18.8 Å². The van der Waals surface area contributed by atoms with Crippen molar-refractivity contribution in [3.8, 4) is 0 Å². The fraction of sp³-hybridized carbons (Fsp3) is 0.810. The molecule has 0 aromatic carbocycles. The third-order valence-corrected chi connectivity index (χ3v) is 6.56. The zero-order valence-electron chi connectivity index (χ0n) is 18.2. The van der Waals surface area contributed by atoms with Crippen LogP contribution in [0.3, 0.4) is 0 Å². The van der Waals surface area contributed by atoms with Gasteiger partial charge in [-0.3, -0.25) is 9.89 Å². The number of thiazole rings is 1. The van der Waals surface area contributed by atoms with Crippen molar-refractivity contribution in [1.29, 1.82) is 0 Å². The molecule has 1 N–H and O–H groups in total. The van der Waals surface area contributed by atoms with Gasteiger partial charge in [-0.05, 0) is 59.0 Å². The molecule has 1 aromatic rings. The van der Waals surface area contributed by atoms with Crippen molar-refractivity contribution in [3.05, 3.63) is 16.1 Å². The highest BCUT2D eigenvalue weighted by Crippen LogP contribution is 2.21. The second-order valence-electron chi connectivity index (χ2n) is 8.03. The number of nitrogens with zero attached hydrogens (tertiary/aromatic N) is 4. The third-order valence-electron chi connectivity index (χ3n) is 5.74. The molecular formula is C21H38IN5OS. The van der Waals surface area contributed by atoms with Crippen LogP contribution in [-0.4, -0.2) is 73.2 Å². The summed E-state index contributed by atoms with van der Waals surface area (Å²) in [5, 5.41) is 6.87. The van der Waals surface area contributed by atoms with Crippen LogP contribution in [0.15, 0.2) is 10.4 Å². The third kappa shape index (κ3) is 7.95. The molecule has 0 bridgehead atoms. The quantitative estimate of drug-likeness (QED) is 0.313. The van der Waals surface area contributed by atoms with Crippen LogP contribution in [0.1, 0.15) is 43.8 Å². The van der Waals surface area contributed by atoms with Gasteiger partial charge < -0.3 is 15.0 Å². The van der Waals surface area contributed by atoms with E-state index in [0.29, 0.717) is 11.8 Å². The topological polar surface area (TPSA) is 53.0 Å². The van der Waals surface area contributed by atoms with Crippen molar-refractivity contribution in [2.45, 2.75) is 46.6 Å². The van der Waals surface area contributed by atoms with Gasteiger partial charge in [0.1, 0.15) is 0 Å². The average molecular weight is 536 g/mol. The number of hydrogen-bond donors (Lipinski definition) is 1. The maximum atomic E-state index is 5.62. The second-order valence-corrected chi connectivity index (χ2v) is 9.09. The lowest BCUT2D eigenvalue weighted by Crippen LogP contribution is -2.41. The number of rotatable bonds is 8. The molecule has 3 rings (SSSR count). The molecular weight excluding hydrogens is 497 g/mol. The van der Waals surface area contributed by atoms with Crippen molar-refractivity contribution >= 4 is 41.3 Å². The lowest BCUT2D eigenvalue weighted by molar-refractivity contribution is 0.114. The van der Waals surface area contributed by atoms with E-state index in [9.17, 15) is 0 Å². The van der Waals surface area contributed by atoms with Gasteiger partial charge >= 0.3 is 0 Å². The summed E-state index contributed by atoms with van der Waals surface area (Å²) in [7, 11) is 0. The van der Waals surface area contributed by atoms with Crippen LogP contribution in [0.5, 0.6) is 0 Å². The molecule has 2 saturated heterocycles. The number of aryl methyl sites for hydroxylation is 1. The van der Waals surface area contributed by atoms with Crippen molar-refractivity contribution in [3.63, 3.8) is 0 Å². The van der Waals surface area contributed by atoms with Crippen LogP contribution < -0.4 is 5.32 Å². The Hall–Kier alpha value is -0.450. The summed E-state index contributed by atoms with van der Waals surface area (Å²) in [6.07, 6.45) is 3.68. The highest BCUT2D eigenvalue weighted by atomic mass is 127. The maximum absolute atomic E-state index is 5.62. The SMILES string of the molecule is CCNC(=NCC1CCN(Cc2csc(C)n2)CC1)N1CCC(COCC)C1.I. The zero-order chi connectivity index (χ0) is 19.8. The van der Waals surface area contributed by atoms with Crippen LogP contribution in [0.4, 0.5) is 0 Å². The molecule has 29 heavy (non-hydrogen) atoms. The number of likely N-dealkylation sites (tertiary alicyclic amines) is 2. The van der Waals surface area contributed by atoms with E-state index < -0.39 is 0 Å². The number of nitrogens with one attached hydrogen (secondary N) is 1. The van der Waals surface area contributed by atoms with E-state index in [4.69, 9.17) is 9.73 Å². The molecule has 0 spiro atoms. The Morgan fingerprint density at radius 1 is 1.24 bits per heavy atom. The molecule has 1 aromatic heterocycles. The van der Waals surface area contributed by atoms with E-state index in [2.05, 4.69) is 46.3 Å². The molecule has 0 amide bonds. The van der Waals surface area contributed by atoms with E-state index in [1.807, 2.05) is 0 Å². The summed E-state index contributed by atoms with van der Waals surface area (Å²) in [4.78, 5) is 14.6. The average Bonchev–Trinajstić information content (AvgIpc) is 3.33. The Balaban J connectivity index is 0.00000300. The molecule has 8 heteroatoms. The van der Waals surface area contributed by atoms with Crippen molar-refractivity contribution < 1.29 is 4.74 Å². The number of halogens is 1. The number of piperidine rings is 1. The number of guanidine groups is 1. The molecule has 1 unspecified atom stereocenters. The molecule has 2 aliphatic heterocycles. The highest BCUT2D eigenvalue weighted by molar-refractivity contribution is 14.0.